The quantitative estimate of drug-likeness (QED) is 0.407. The summed E-state index contributed by atoms with van der Waals surface area (Å²) in [4.78, 5) is 0. The molecule has 11 heavy (non-hydrogen) atoms. The van der Waals surface area contributed by atoms with E-state index in [1.54, 1.807) is 0 Å². The molecule has 1 rings (SSSR count). The first kappa shape index (κ1) is 22.7. The van der Waals surface area contributed by atoms with E-state index in [4.69, 9.17) is 0 Å². The van der Waals surface area contributed by atoms with Crippen molar-refractivity contribution in [1.82, 2.24) is 0 Å². The first-order valence-corrected chi connectivity index (χ1v) is 2.26. The van der Waals surface area contributed by atoms with Crippen molar-refractivity contribution in [2.45, 2.75) is 0 Å². The van der Waals surface area contributed by atoms with Crippen molar-refractivity contribution in [3.05, 3.63) is 42.8 Å². The van der Waals surface area contributed by atoms with Crippen LogP contribution in [0.2, 0.25) is 0 Å². The van der Waals surface area contributed by atoms with Crippen LogP contribution >= 0.6 is 12.4 Å². The predicted molar refractivity (Wildman–Crippen MR) is 43.9 cm³/mol. The fourth-order valence-corrected chi connectivity index (χ4v) is 0.478. The van der Waals surface area contributed by atoms with E-state index < -0.39 is 0 Å². The van der Waals surface area contributed by atoms with Gasteiger partial charge in [0.15, 0.2) is 0 Å². The molecule has 0 saturated heterocycles. The van der Waals surface area contributed by atoms with Crippen LogP contribution < -0.4 is 12.4 Å². The average molecular weight is 253 g/mol. The van der Waals surface area contributed by atoms with Gasteiger partial charge in [-0.3, -0.25) is 0 Å². The number of halogens is 2. The minimum atomic E-state index is 0. The Kier molecular flexibility index (Phi) is 28.1. The summed E-state index contributed by atoms with van der Waals surface area (Å²) in [5, 5.41) is 0. The summed E-state index contributed by atoms with van der Waals surface area (Å²) in [5.74, 6) is 0. The molecule has 0 radical (unpaired) electrons. The largest absolute Gasteiger partial charge is 2.00 e. The summed E-state index contributed by atoms with van der Waals surface area (Å²) in [7, 11) is 0. The Morgan fingerprint density at radius 2 is 1.36 bits per heavy atom. The van der Waals surface area contributed by atoms with Crippen LogP contribution in [0, 0.1) is 6.92 Å². The molecule has 0 atom stereocenters. The molecular formula is C7H8Cl2MgZn. The van der Waals surface area contributed by atoms with Gasteiger partial charge in [0.2, 0.25) is 0 Å². The van der Waals surface area contributed by atoms with Gasteiger partial charge in [-0.05, 0) is 0 Å². The Bertz CT molecular complexity index is 146. The Morgan fingerprint density at radius 1 is 1.00 bits per heavy atom. The van der Waals surface area contributed by atoms with E-state index in [2.05, 4.69) is 6.92 Å². The molecule has 0 spiro atoms. The zero-order chi connectivity index (χ0) is 5.11. The third-order valence-electron chi connectivity index (χ3n) is 0.843. The number of hydrogen-bond donors (Lipinski definition) is 0. The molecule has 0 aromatic heterocycles. The van der Waals surface area contributed by atoms with Crippen LogP contribution in [0.25, 0.3) is 0 Å². The van der Waals surface area contributed by atoms with Gasteiger partial charge in [-0.25, -0.2) is 0 Å². The molecule has 0 aliphatic heterocycles. The Labute approximate surface area is 109 Å². The van der Waals surface area contributed by atoms with E-state index in [0.29, 0.717) is 0 Å². The second-order valence-corrected chi connectivity index (χ2v) is 1.49. The molecular weight excluding hydrogens is 245 g/mol. The molecule has 0 nitrogen and oxygen atoms in total. The molecule has 0 amide bonds. The fraction of sp³-hybridized carbons (Fsp3) is 0. The molecule has 0 unspecified atom stereocenters. The molecule has 0 aliphatic rings. The number of benzene rings is 1. The summed E-state index contributed by atoms with van der Waals surface area (Å²) in [5.41, 5.74) is 1.07. The maximum absolute atomic E-state index is 3.72. The van der Waals surface area contributed by atoms with Crippen LogP contribution in [0.5, 0.6) is 0 Å². The Balaban J connectivity index is -0.0000000612. The summed E-state index contributed by atoms with van der Waals surface area (Å²) in [6.07, 6.45) is 0. The van der Waals surface area contributed by atoms with Crippen molar-refractivity contribution in [2.24, 2.45) is 0 Å². The van der Waals surface area contributed by atoms with Crippen LogP contribution in [-0.2, 0) is 19.5 Å². The normalized spacial score (nSPS) is 5.45. The minimum absolute atomic E-state index is 0. The molecule has 0 bridgehead atoms. The maximum atomic E-state index is 3.72. The Hall–Kier alpha value is 1.06. The molecule has 1 aromatic rings. The Morgan fingerprint density at radius 3 is 1.55 bits per heavy atom. The van der Waals surface area contributed by atoms with Gasteiger partial charge in [0.1, 0.15) is 0 Å². The van der Waals surface area contributed by atoms with E-state index in [9.17, 15) is 0 Å². The number of rotatable bonds is 0. The first-order valence-electron chi connectivity index (χ1n) is 2.26. The minimum Gasteiger partial charge on any atom is -1.00 e. The van der Waals surface area contributed by atoms with Gasteiger partial charge in [-0.1, -0.05) is 6.07 Å². The van der Waals surface area contributed by atoms with E-state index in [1.165, 1.54) is 0 Å². The predicted octanol–water partition coefficient (Wildman–Crippen LogP) is -1.09. The van der Waals surface area contributed by atoms with E-state index in [0.717, 1.165) is 5.56 Å². The van der Waals surface area contributed by atoms with E-state index in [-0.39, 0.29) is 67.3 Å². The molecule has 0 N–H and O–H groups in total. The molecule has 0 aliphatic carbocycles. The standard InChI is InChI=1S/C7H7.2ClH.Mg.Zn/c1-7-5-3-2-4-6-7;;;;/h2-6H,1H2;2*1H;;/q-1;;;+2;/p-1. The van der Waals surface area contributed by atoms with Crippen molar-refractivity contribution in [2.75, 3.05) is 0 Å². The van der Waals surface area contributed by atoms with E-state index >= 15 is 0 Å². The second kappa shape index (κ2) is 13.6. The monoisotopic (exact) mass is 250 g/mol. The van der Waals surface area contributed by atoms with Crippen LogP contribution in [0.15, 0.2) is 30.3 Å². The summed E-state index contributed by atoms with van der Waals surface area (Å²) < 4.78 is 0. The topological polar surface area (TPSA) is 0 Å². The summed E-state index contributed by atoms with van der Waals surface area (Å²) in [6.45, 7) is 3.72. The molecule has 1 aromatic carbocycles. The second-order valence-electron chi connectivity index (χ2n) is 1.49. The maximum Gasteiger partial charge on any atom is 2.00 e. The first-order chi connectivity index (χ1) is 3.39. The summed E-state index contributed by atoms with van der Waals surface area (Å²) in [6, 6.07) is 9.87. The molecule has 0 saturated carbocycles. The zero-order valence-corrected chi connectivity index (χ0v) is 12.2. The van der Waals surface area contributed by atoms with Crippen molar-refractivity contribution in [1.29, 1.82) is 0 Å². The van der Waals surface area contributed by atoms with Crippen LogP contribution in [0.4, 0.5) is 0 Å². The summed E-state index contributed by atoms with van der Waals surface area (Å²) >= 11 is 0. The van der Waals surface area contributed by atoms with Crippen molar-refractivity contribution < 1.29 is 31.9 Å². The molecule has 0 heterocycles. The van der Waals surface area contributed by atoms with Gasteiger partial charge in [0.25, 0.3) is 0 Å². The average Bonchev–Trinajstić information content (AvgIpc) is 1.69. The van der Waals surface area contributed by atoms with Crippen LogP contribution in [-0.4, -0.2) is 23.1 Å². The molecule has 4 heteroatoms. The third kappa shape index (κ3) is 11.1. The van der Waals surface area contributed by atoms with E-state index in [1.807, 2.05) is 30.3 Å². The molecule has 0 fully saturated rings. The number of hydrogen-bond acceptors (Lipinski definition) is 0. The van der Waals surface area contributed by atoms with Crippen molar-refractivity contribution in [3.8, 4) is 0 Å². The zero-order valence-electron chi connectivity index (χ0n) is 6.29. The van der Waals surface area contributed by atoms with Gasteiger partial charge in [0.05, 0.1) is 0 Å². The molecule has 54 valence electrons. The van der Waals surface area contributed by atoms with Crippen molar-refractivity contribution >= 4 is 35.5 Å². The fourth-order valence-electron chi connectivity index (χ4n) is 0.478. The van der Waals surface area contributed by atoms with Gasteiger partial charge >= 0.3 is 23.1 Å². The van der Waals surface area contributed by atoms with Gasteiger partial charge < -0.3 is 12.4 Å². The van der Waals surface area contributed by atoms with Gasteiger partial charge in [0, 0.05) is 19.5 Å². The van der Waals surface area contributed by atoms with Crippen molar-refractivity contribution in [3.63, 3.8) is 0 Å². The van der Waals surface area contributed by atoms with Crippen LogP contribution in [0.1, 0.15) is 5.56 Å². The van der Waals surface area contributed by atoms with Crippen LogP contribution in [0.3, 0.4) is 0 Å². The van der Waals surface area contributed by atoms with Gasteiger partial charge in [-0.15, -0.1) is 24.5 Å². The smallest absolute Gasteiger partial charge is 1.00 e. The SMILES string of the molecule is Cl.[CH2-]c1ccccc1.[Cl-].[Mg+2].[Zn]. The third-order valence-corrected chi connectivity index (χ3v) is 0.843. The van der Waals surface area contributed by atoms with Gasteiger partial charge in [-0.2, -0.15) is 24.6 Å².